The lowest BCUT2D eigenvalue weighted by Crippen LogP contribution is -2.50. The molecule has 3 aromatic rings. The van der Waals surface area contributed by atoms with Gasteiger partial charge in [0, 0.05) is 48.1 Å². The number of benzene rings is 1. The van der Waals surface area contributed by atoms with Gasteiger partial charge in [0.25, 0.3) is 0 Å². The van der Waals surface area contributed by atoms with Gasteiger partial charge in [-0.1, -0.05) is 11.6 Å². The molecule has 0 aliphatic heterocycles. The van der Waals surface area contributed by atoms with E-state index < -0.39 is 23.4 Å². The minimum atomic E-state index is -0.981. The molecular weight excluding hydrogens is 400 g/mol. The number of nitrogens with one attached hydrogen (secondary N) is 1. The van der Waals surface area contributed by atoms with Crippen molar-refractivity contribution in [2.24, 2.45) is 5.73 Å². The summed E-state index contributed by atoms with van der Waals surface area (Å²) in [7, 11) is 0. The summed E-state index contributed by atoms with van der Waals surface area (Å²) in [6.45, 7) is 0. The fraction of sp³-hybridized carbons (Fsp3) is 0.200. The normalized spacial score (nSPS) is 20.7. The summed E-state index contributed by atoms with van der Waals surface area (Å²) in [6.07, 6.45) is 3.81. The van der Waals surface area contributed by atoms with Crippen molar-refractivity contribution in [2.75, 3.05) is 5.32 Å². The monoisotopic (exact) mass is 415 g/mol. The van der Waals surface area contributed by atoms with Gasteiger partial charge in [-0.3, -0.25) is 9.78 Å². The minimum absolute atomic E-state index is 0.155. The highest BCUT2D eigenvalue weighted by Gasteiger charge is 2.49. The molecule has 1 fully saturated rings. The number of amides is 1. The lowest BCUT2D eigenvalue weighted by molar-refractivity contribution is 0.1000. The summed E-state index contributed by atoms with van der Waals surface area (Å²) in [6, 6.07) is 7.21. The molecule has 1 saturated carbocycles. The van der Waals surface area contributed by atoms with Crippen LogP contribution in [0.2, 0.25) is 5.02 Å². The van der Waals surface area contributed by atoms with Gasteiger partial charge in [0.15, 0.2) is 0 Å². The van der Waals surface area contributed by atoms with Crippen LogP contribution in [0.15, 0.2) is 48.9 Å². The van der Waals surface area contributed by atoms with Crippen LogP contribution in [-0.4, -0.2) is 27.0 Å². The van der Waals surface area contributed by atoms with Gasteiger partial charge in [-0.05, 0) is 30.3 Å². The van der Waals surface area contributed by atoms with Gasteiger partial charge in [0.1, 0.15) is 12.0 Å². The smallest absolute Gasteiger partial charge is 0.248 e. The van der Waals surface area contributed by atoms with E-state index in [0.29, 0.717) is 16.3 Å². The van der Waals surface area contributed by atoms with Crippen LogP contribution in [0.4, 0.5) is 14.7 Å². The molecule has 4 rings (SSSR count). The zero-order chi connectivity index (χ0) is 20.6. The third-order valence-electron chi connectivity index (χ3n) is 4.92. The van der Waals surface area contributed by atoms with E-state index in [0.717, 1.165) is 6.07 Å². The Morgan fingerprint density at radius 1 is 1.21 bits per heavy atom. The van der Waals surface area contributed by atoms with Crippen LogP contribution in [-0.2, 0) is 5.54 Å². The predicted octanol–water partition coefficient (Wildman–Crippen LogP) is 3.87. The summed E-state index contributed by atoms with van der Waals surface area (Å²) in [4.78, 5) is 24.1. The Labute approximate surface area is 170 Å². The molecule has 0 atom stereocenters. The van der Waals surface area contributed by atoms with E-state index in [1.165, 1.54) is 24.5 Å². The van der Waals surface area contributed by atoms with E-state index in [1.807, 2.05) is 0 Å². The maximum atomic E-state index is 14.2. The number of hydrogen-bond donors (Lipinski definition) is 2. The van der Waals surface area contributed by atoms with Gasteiger partial charge in [-0.25, -0.2) is 18.7 Å². The highest BCUT2D eigenvalue weighted by atomic mass is 35.5. The average molecular weight is 416 g/mol. The first-order valence-electron chi connectivity index (χ1n) is 8.83. The van der Waals surface area contributed by atoms with E-state index in [2.05, 4.69) is 20.3 Å². The van der Waals surface area contributed by atoms with Gasteiger partial charge in [-0.2, -0.15) is 0 Å². The summed E-state index contributed by atoms with van der Waals surface area (Å²) >= 11 is 6.25. The van der Waals surface area contributed by atoms with E-state index in [9.17, 15) is 13.6 Å². The summed E-state index contributed by atoms with van der Waals surface area (Å²) in [5.74, 6) is -0.963. The fourth-order valence-electron chi connectivity index (χ4n) is 3.43. The molecule has 1 aromatic carbocycles. The van der Waals surface area contributed by atoms with Crippen LogP contribution in [0, 0.1) is 5.82 Å². The molecule has 2 aromatic heterocycles. The third-order valence-corrected chi connectivity index (χ3v) is 5.22. The minimum Gasteiger partial charge on any atom is -0.366 e. The lowest BCUT2D eigenvalue weighted by atomic mass is 9.72. The Balaban J connectivity index is 1.62. The lowest BCUT2D eigenvalue weighted by Gasteiger charge is -2.44. The Kier molecular flexibility index (Phi) is 4.87. The van der Waals surface area contributed by atoms with Gasteiger partial charge in [-0.15, -0.1) is 0 Å². The highest BCUT2D eigenvalue weighted by molar-refractivity contribution is 6.31. The van der Waals surface area contributed by atoms with Gasteiger partial charge in [0.05, 0.1) is 16.3 Å². The zero-order valence-electron chi connectivity index (χ0n) is 15.1. The second-order valence-electron chi connectivity index (χ2n) is 6.90. The molecule has 0 radical (unpaired) electrons. The van der Waals surface area contributed by atoms with Crippen LogP contribution in [0.5, 0.6) is 0 Å². The van der Waals surface area contributed by atoms with Crippen molar-refractivity contribution in [1.82, 2.24) is 15.0 Å². The quantitative estimate of drug-likeness (QED) is 0.659. The van der Waals surface area contributed by atoms with Crippen LogP contribution in [0.25, 0.3) is 11.1 Å². The SMILES string of the molecule is NC(=O)c1ccc(F)c(-c2cnc(NC3(c4ncccc4Cl)CC(F)C3)nc2)c1. The molecule has 0 saturated heterocycles. The van der Waals surface area contributed by atoms with E-state index >= 15 is 0 Å². The van der Waals surface area contributed by atoms with Crippen molar-refractivity contribution in [3.8, 4) is 11.1 Å². The number of pyridine rings is 1. The summed E-state index contributed by atoms with van der Waals surface area (Å²) < 4.78 is 27.9. The molecule has 0 unspecified atom stereocenters. The van der Waals surface area contributed by atoms with Crippen molar-refractivity contribution in [1.29, 1.82) is 0 Å². The Hall–Kier alpha value is -3.13. The van der Waals surface area contributed by atoms with Crippen molar-refractivity contribution < 1.29 is 13.6 Å². The number of alkyl halides is 1. The molecular formula is C20H16ClF2N5O. The van der Waals surface area contributed by atoms with Gasteiger partial charge in [0.2, 0.25) is 11.9 Å². The predicted molar refractivity (Wildman–Crippen MR) is 105 cm³/mol. The topological polar surface area (TPSA) is 93.8 Å². The average Bonchev–Trinajstić information content (AvgIpc) is 2.68. The van der Waals surface area contributed by atoms with E-state index in [4.69, 9.17) is 17.3 Å². The van der Waals surface area contributed by atoms with Crippen molar-refractivity contribution in [2.45, 2.75) is 24.6 Å². The third kappa shape index (κ3) is 3.63. The maximum absolute atomic E-state index is 14.2. The molecule has 1 aliphatic carbocycles. The number of carbonyl (C=O) groups excluding carboxylic acids is 1. The molecule has 148 valence electrons. The largest absolute Gasteiger partial charge is 0.366 e. The fourth-order valence-corrected chi connectivity index (χ4v) is 3.74. The number of hydrogen-bond acceptors (Lipinski definition) is 5. The Morgan fingerprint density at radius 3 is 2.55 bits per heavy atom. The standard InChI is InChI=1S/C20H16ClF2N5O/c21-15-2-1-5-25-17(15)20(7-13(22)8-20)28-19-26-9-12(10-27-19)14-6-11(18(24)29)3-4-16(14)23/h1-6,9-10,13H,7-8H2,(H2,24,29)(H,26,27,28). The number of primary amides is 1. The molecule has 3 N–H and O–H groups in total. The summed E-state index contributed by atoms with van der Waals surface area (Å²) in [5, 5.41) is 3.55. The highest BCUT2D eigenvalue weighted by Crippen LogP contribution is 2.46. The number of carbonyl (C=O) groups is 1. The van der Waals surface area contributed by atoms with Crippen LogP contribution in [0.3, 0.4) is 0 Å². The van der Waals surface area contributed by atoms with Crippen LogP contribution in [0.1, 0.15) is 28.9 Å². The Morgan fingerprint density at radius 2 is 1.93 bits per heavy atom. The van der Waals surface area contributed by atoms with Crippen molar-refractivity contribution in [3.63, 3.8) is 0 Å². The second-order valence-corrected chi connectivity index (χ2v) is 7.31. The number of nitrogens with zero attached hydrogens (tertiary/aromatic N) is 3. The maximum Gasteiger partial charge on any atom is 0.248 e. The molecule has 29 heavy (non-hydrogen) atoms. The molecule has 9 heteroatoms. The number of rotatable bonds is 5. The zero-order valence-corrected chi connectivity index (χ0v) is 15.8. The summed E-state index contributed by atoms with van der Waals surface area (Å²) in [5.41, 5.74) is 5.68. The van der Waals surface area contributed by atoms with Crippen molar-refractivity contribution >= 4 is 23.5 Å². The molecule has 1 aliphatic rings. The van der Waals surface area contributed by atoms with Gasteiger partial charge >= 0.3 is 0 Å². The molecule has 1 amide bonds. The number of anilines is 1. The number of nitrogens with two attached hydrogens (primary N) is 1. The molecule has 0 spiro atoms. The van der Waals surface area contributed by atoms with Crippen LogP contribution >= 0.6 is 11.6 Å². The van der Waals surface area contributed by atoms with Gasteiger partial charge < -0.3 is 11.1 Å². The number of halogens is 3. The molecule has 2 heterocycles. The first-order chi connectivity index (χ1) is 13.9. The van der Waals surface area contributed by atoms with E-state index in [-0.39, 0.29) is 29.9 Å². The molecule has 0 bridgehead atoms. The molecule has 6 nitrogen and oxygen atoms in total. The van der Waals surface area contributed by atoms with Crippen LogP contribution < -0.4 is 11.1 Å². The first-order valence-corrected chi connectivity index (χ1v) is 9.21. The van der Waals surface area contributed by atoms with E-state index in [1.54, 1.807) is 18.3 Å². The van der Waals surface area contributed by atoms with Crippen molar-refractivity contribution in [3.05, 3.63) is 71.0 Å². The first kappa shape index (κ1) is 19.2. The Bertz CT molecular complexity index is 1070. The second kappa shape index (κ2) is 7.36. The number of aromatic nitrogens is 3.